The van der Waals surface area contributed by atoms with Crippen LogP contribution in [0.3, 0.4) is 0 Å². The fourth-order valence-corrected chi connectivity index (χ4v) is 6.39. The Morgan fingerprint density at radius 3 is 1.03 bits per heavy atom. The van der Waals surface area contributed by atoms with E-state index in [1.54, 1.807) is 0 Å². The average Bonchev–Trinajstić information content (AvgIpc) is 3.58. The van der Waals surface area contributed by atoms with Gasteiger partial charge in [0.15, 0.2) is 0 Å². The third-order valence-electron chi connectivity index (χ3n) is 8.05. The highest BCUT2D eigenvalue weighted by Gasteiger charge is 2.61. The molecule has 0 bridgehead atoms. The van der Waals surface area contributed by atoms with Crippen molar-refractivity contribution in [3.8, 4) is 0 Å². The van der Waals surface area contributed by atoms with Gasteiger partial charge in [-0.05, 0) is 25.7 Å². The Morgan fingerprint density at radius 2 is 0.900 bits per heavy atom. The highest BCUT2D eigenvalue weighted by atomic mass is 16.6. The predicted octanol–water partition coefficient (Wildman–Crippen LogP) is 3.70. The van der Waals surface area contributed by atoms with Crippen molar-refractivity contribution in [1.29, 1.82) is 0 Å². The summed E-state index contributed by atoms with van der Waals surface area (Å²) in [7, 11) is 5.55. The molecule has 0 saturated carbocycles. The van der Waals surface area contributed by atoms with Gasteiger partial charge in [-0.3, -0.25) is 0 Å². The molecular formula is C24H44O6. The molecule has 9 atom stereocenters. The third kappa shape index (κ3) is 4.60. The molecule has 3 heterocycles. The van der Waals surface area contributed by atoms with Crippen LogP contribution in [-0.2, 0) is 28.4 Å². The van der Waals surface area contributed by atoms with Gasteiger partial charge in [0.25, 0.3) is 0 Å². The molecule has 6 heteroatoms. The Labute approximate surface area is 183 Å². The van der Waals surface area contributed by atoms with E-state index in [9.17, 15) is 0 Å². The van der Waals surface area contributed by atoms with Gasteiger partial charge in [0.2, 0.25) is 0 Å². The number of hydrogen-bond acceptors (Lipinski definition) is 6. The highest BCUT2D eigenvalue weighted by Crippen LogP contribution is 2.53. The van der Waals surface area contributed by atoms with Gasteiger partial charge in [-0.25, -0.2) is 0 Å². The molecule has 0 aromatic heterocycles. The van der Waals surface area contributed by atoms with Crippen LogP contribution in [0.5, 0.6) is 0 Å². The van der Waals surface area contributed by atoms with E-state index < -0.39 is 0 Å². The lowest BCUT2D eigenvalue weighted by Gasteiger charge is -2.54. The maximum Gasteiger partial charge on any atom is 0.0862 e. The fourth-order valence-electron chi connectivity index (χ4n) is 6.39. The van der Waals surface area contributed by atoms with Crippen molar-refractivity contribution in [1.82, 2.24) is 0 Å². The van der Waals surface area contributed by atoms with Crippen molar-refractivity contribution in [3.63, 3.8) is 0 Å². The molecule has 9 unspecified atom stereocenters. The molecule has 0 N–H and O–H groups in total. The van der Waals surface area contributed by atoms with Crippen molar-refractivity contribution in [3.05, 3.63) is 0 Å². The van der Waals surface area contributed by atoms with Crippen molar-refractivity contribution in [2.24, 2.45) is 23.2 Å². The van der Waals surface area contributed by atoms with E-state index in [4.69, 9.17) is 28.4 Å². The number of hydrogen-bond donors (Lipinski definition) is 0. The smallest absolute Gasteiger partial charge is 0.0862 e. The normalized spacial score (nSPS) is 33.1. The molecule has 30 heavy (non-hydrogen) atoms. The Kier molecular flexibility index (Phi) is 8.61. The topological polar surface area (TPSA) is 65.3 Å². The van der Waals surface area contributed by atoms with Crippen LogP contribution >= 0.6 is 0 Å². The maximum atomic E-state index is 6.39. The zero-order valence-corrected chi connectivity index (χ0v) is 20.1. The Morgan fingerprint density at radius 1 is 0.633 bits per heavy atom. The molecule has 176 valence electrons. The van der Waals surface area contributed by atoms with Crippen LogP contribution in [0.15, 0.2) is 0 Å². The first-order valence-corrected chi connectivity index (χ1v) is 12.0. The van der Waals surface area contributed by atoms with Gasteiger partial charge in [0, 0.05) is 44.5 Å². The summed E-state index contributed by atoms with van der Waals surface area (Å²) < 4.78 is 36.6. The van der Waals surface area contributed by atoms with E-state index in [2.05, 4.69) is 27.7 Å². The molecule has 0 aromatic carbocycles. The summed E-state index contributed by atoms with van der Waals surface area (Å²) in [6.45, 7) is 11.4. The van der Waals surface area contributed by atoms with E-state index in [0.29, 0.717) is 17.8 Å². The van der Waals surface area contributed by atoms with Crippen LogP contribution in [0.4, 0.5) is 0 Å². The summed E-state index contributed by atoms with van der Waals surface area (Å²) in [6, 6.07) is 0. The first-order chi connectivity index (χ1) is 14.6. The molecule has 0 aromatic rings. The van der Waals surface area contributed by atoms with Crippen molar-refractivity contribution < 1.29 is 28.4 Å². The van der Waals surface area contributed by atoms with E-state index in [1.807, 2.05) is 21.3 Å². The summed E-state index contributed by atoms with van der Waals surface area (Å²) in [5.74, 6) is 0.918. The molecular weight excluding hydrogens is 384 g/mol. The first kappa shape index (κ1) is 24.4. The van der Waals surface area contributed by atoms with Crippen LogP contribution in [0, 0.1) is 23.2 Å². The second-order valence-corrected chi connectivity index (χ2v) is 9.27. The fraction of sp³-hybridized carbons (Fsp3) is 1.00. The second kappa shape index (κ2) is 10.6. The highest BCUT2D eigenvalue weighted by molar-refractivity contribution is 5.09. The zero-order chi connectivity index (χ0) is 21.9. The molecule has 6 nitrogen and oxygen atoms in total. The number of ether oxygens (including phenoxy) is 6. The zero-order valence-electron chi connectivity index (χ0n) is 20.1. The minimum Gasteiger partial charge on any atom is -0.380 e. The molecule has 0 spiro atoms. The van der Waals surface area contributed by atoms with Crippen molar-refractivity contribution in [2.75, 3.05) is 41.2 Å². The van der Waals surface area contributed by atoms with Crippen molar-refractivity contribution in [2.45, 2.75) is 90.0 Å². The molecule has 3 aliphatic rings. The molecule has 3 saturated heterocycles. The molecule has 0 aliphatic carbocycles. The molecule has 3 rings (SSSR count). The summed E-state index contributed by atoms with van der Waals surface area (Å²) in [4.78, 5) is 0. The molecule has 0 radical (unpaired) electrons. The van der Waals surface area contributed by atoms with Crippen LogP contribution in [0.25, 0.3) is 0 Å². The molecule has 3 fully saturated rings. The van der Waals surface area contributed by atoms with E-state index in [1.165, 1.54) is 0 Å². The summed E-state index contributed by atoms with van der Waals surface area (Å²) in [5.41, 5.74) is -0.329. The van der Waals surface area contributed by atoms with Gasteiger partial charge in [-0.2, -0.15) is 0 Å². The Bertz CT molecular complexity index is 447. The van der Waals surface area contributed by atoms with Gasteiger partial charge >= 0.3 is 0 Å². The van der Waals surface area contributed by atoms with Gasteiger partial charge in [-0.1, -0.05) is 27.7 Å². The Balaban J connectivity index is 2.10. The first-order valence-electron chi connectivity index (χ1n) is 12.0. The lowest BCUT2D eigenvalue weighted by Crippen LogP contribution is -2.62. The van der Waals surface area contributed by atoms with Gasteiger partial charge in [-0.15, -0.1) is 0 Å². The van der Waals surface area contributed by atoms with E-state index in [-0.39, 0.29) is 42.0 Å². The van der Waals surface area contributed by atoms with Gasteiger partial charge in [0.1, 0.15) is 0 Å². The van der Waals surface area contributed by atoms with Crippen LogP contribution in [-0.4, -0.2) is 77.8 Å². The monoisotopic (exact) mass is 428 g/mol. The largest absolute Gasteiger partial charge is 0.380 e. The van der Waals surface area contributed by atoms with Crippen molar-refractivity contribution >= 4 is 0 Å². The van der Waals surface area contributed by atoms with E-state index >= 15 is 0 Å². The lowest BCUT2D eigenvalue weighted by molar-refractivity contribution is -0.217. The minimum atomic E-state index is -0.329. The van der Waals surface area contributed by atoms with Gasteiger partial charge in [0.05, 0.1) is 56.4 Å². The van der Waals surface area contributed by atoms with Crippen LogP contribution in [0.1, 0.15) is 53.4 Å². The van der Waals surface area contributed by atoms with Gasteiger partial charge < -0.3 is 28.4 Å². The number of epoxide rings is 3. The summed E-state index contributed by atoms with van der Waals surface area (Å²) in [6.07, 6.45) is 4.60. The molecule has 3 aliphatic heterocycles. The summed E-state index contributed by atoms with van der Waals surface area (Å²) in [5, 5.41) is 0. The lowest BCUT2D eigenvalue weighted by atomic mass is 9.59. The quantitative estimate of drug-likeness (QED) is 0.349. The Hall–Kier alpha value is -0.240. The SMILES string of the molecule is CCC(C1CO1)C(OC)C(CC)(C(OC)C(CC)C1CO1)C(OC)C(CC)C1CO1. The molecule has 0 amide bonds. The standard InChI is InChI=1S/C24H44O6/c1-8-15(18-12-28-18)21(25-5)24(11-4,22(26-6)16(9-2)19-13-29-19)23(27-7)17(10-3)20-14-30-20/h15-23H,8-14H2,1-7H3. The number of rotatable bonds is 16. The predicted molar refractivity (Wildman–Crippen MR) is 116 cm³/mol. The minimum absolute atomic E-state index is 0.0319. The second-order valence-electron chi connectivity index (χ2n) is 9.27. The third-order valence-corrected chi connectivity index (χ3v) is 8.05. The van der Waals surface area contributed by atoms with Crippen LogP contribution < -0.4 is 0 Å². The van der Waals surface area contributed by atoms with E-state index in [0.717, 1.165) is 45.5 Å². The maximum absolute atomic E-state index is 6.39. The average molecular weight is 429 g/mol. The van der Waals surface area contributed by atoms with Crippen LogP contribution in [0.2, 0.25) is 0 Å². The number of methoxy groups -OCH3 is 3. The summed E-state index contributed by atoms with van der Waals surface area (Å²) >= 11 is 0.